The minimum absolute atomic E-state index is 0.0201. The Hall–Kier alpha value is -4.01. The van der Waals surface area contributed by atoms with Gasteiger partial charge in [-0.2, -0.15) is 0 Å². The number of methoxy groups -OCH3 is 2. The second-order valence-electron chi connectivity index (χ2n) is 7.94. The molecule has 9 heteroatoms. The van der Waals surface area contributed by atoms with Crippen molar-refractivity contribution in [1.82, 2.24) is 4.90 Å². The quantitative estimate of drug-likeness (QED) is 0.454. The van der Waals surface area contributed by atoms with Crippen LogP contribution in [0.5, 0.6) is 11.5 Å². The third kappa shape index (κ3) is 5.40. The number of ether oxygens (including phenoxy) is 2. The van der Waals surface area contributed by atoms with Crippen LogP contribution in [0.3, 0.4) is 0 Å². The maximum absolute atomic E-state index is 14.4. The van der Waals surface area contributed by atoms with E-state index in [0.29, 0.717) is 17.0 Å². The van der Waals surface area contributed by atoms with Crippen molar-refractivity contribution < 1.29 is 32.3 Å². The molecule has 3 aromatic rings. The summed E-state index contributed by atoms with van der Waals surface area (Å²) in [6.45, 7) is -0.138. The molecule has 1 unspecified atom stereocenters. The highest BCUT2D eigenvalue weighted by Crippen LogP contribution is 2.28. The zero-order valence-corrected chi connectivity index (χ0v) is 19.1. The lowest BCUT2D eigenvalue weighted by Crippen LogP contribution is -2.37. The molecule has 1 amide bonds. The molecule has 3 aromatic carbocycles. The predicted octanol–water partition coefficient (Wildman–Crippen LogP) is 4.96. The van der Waals surface area contributed by atoms with Crippen LogP contribution in [0.25, 0.3) is 0 Å². The fraction of sp³-hybridized carbons (Fsp3) is 0.231. The maximum atomic E-state index is 14.4. The summed E-state index contributed by atoms with van der Waals surface area (Å²) in [6, 6.07) is 14.1. The van der Waals surface area contributed by atoms with E-state index in [9.17, 15) is 18.0 Å². The van der Waals surface area contributed by atoms with Crippen molar-refractivity contribution in [2.75, 3.05) is 20.8 Å². The number of halogens is 3. The van der Waals surface area contributed by atoms with E-state index in [4.69, 9.17) is 14.3 Å². The van der Waals surface area contributed by atoms with Gasteiger partial charge >= 0.3 is 0 Å². The summed E-state index contributed by atoms with van der Waals surface area (Å²) in [4.78, 5) is 20.4. The maximum Gasteiger partial charge on any atom is 0.258 e. The molecule has 0 aromatic heterocycles. The third-order valence-corrected chi connectivity index (χ3v) is 5.64. The molecule has 0 N–H and O–H groups in total. The Morgan fingerprint density at radius 2 is 1.83 bits per heavy atom. The van der Waals surface area contributed by atoms with Gasteiger partial charge in [0.2, 0.25) is 0 Å². The Kier molecular flexibility index (Phi) is 7.24. The van der Waals surface area contributed by atoms with Gasteiger partial charge in [-0.15, -0.1) is 0 Å². The molecule has 0 bridgehead atoms. The number of nitrogens with zero attached hydrogens (tertiary/aromatic N) is 2. The number of oxime groups is 1. The highest BCUT2D eigenvalue weighted by Gasteiger charge is 2.30. The third-order valence-electron chi connectivity index (χ3n) is 5.64. The van der Waals surface area contributed by atoms with E-state index >= 15 is 0 Å². The molecule has 6 nitrogen and oxygen atoms in total. The summed E-state index contributed by atoms with van der Waals surface area (Å²) < 4.78 is 52.6. The summed E-state index contributed by atoms with van der Waals surface area (Å²) in [7, 11) is 2.91. The van der Waals surface area contributed by atoms with Gasteiger partial charge in [-0.05, 0) is 24.3 Å². The molecule has 0 saturated heterocycles. The molecule has 1 atom stereocenters. The zero-order chi connectivity index (χ0) is 24.9. The van der Waals surface area contributed by atoms with Gasteiger partial charge in [-0.25, -0.2) is 13.2 Å². The van der Waals surface area contributed by atoms with Crippen LogP contribution in [-0.2, 0) is 11.4 Å². The smallest absolute Gasteiger partial charge is 0.258 e. The van der Waals surface area contributed by atoms with Crippen LogP contribution in [0, 0.1) is 17.5 Å². The molecular weight excluding hydrogens is 461 g/mol. The summed E-state index contributed by atoms with van der Waals surface area (Å²) >= 11 is 0. The molecule has 4 rings (SSSR count). The Bertz CT molecular complexity index is 1270. The number of hydrogen-bond donors (Lipinski definition) is 0. The first kappa shape index (κ1) is 24.1. The number of carbonyl (C=O) groups is 1. The van der Waals surface area contributed by atoms with Crippen molar-refractivity contribution >= 4 is 11.6 Å². The second kappa shape index (κ2) is 10.5. The SMILES string of the molecule is COc1ccc(C(=O)N(Cc2ccc(F)cc2F)CC2CC(c3ccccc3F)=NO2)c(OC)c1. The normalized spacial score (nSPS) is 14.8. The van der Waals surface area contributed by atoms with Crippen molar-refractivity contribution in [3.05, 3.63) is 94.8 Å². The molecule has 1 aliphatic heterocycles. The van der Waals surface area contributed by atoms with Crippen molar-refractivity contribution in [2.24, 2.45) is 5.16 Å². The van der Waals surface area contributed by atoms with Gasteiger partial charge in [-0.3, -0.25) is 4.79 Å². The summed E-state index contributed by atoms with van der Waals surface area (Å²) in [5.41, 5.74) is 1.08. The Morgan fingerprint density at radius 1 is 1.03 bits per heavy atom. The van der Waals surface area contributed by atoms with Crippen LogP contribution in [-0.4, -0.2) is 43.4 Å². The van der Waals surface area contributed by atoms with Crippen LogP contribution in [0.1, 0.15) is 27.9 Å². The van der Waals surface area contributed by atoms with Gasteiger partial charge in [0.25, 0.3) is 5.91 Å². The molecule has 182 valence electrons. The van der Waals surface area contributed by atoms with Crippen LogP contribution in [0.2, 0.25) is 0 Å². The van der Waals surface area contributed by atoms with Gasteiger partial charge in [0, 0.05) is 36.2 Å². The van der Waals surface area contributed by atoms with Crippen LogP contribution in [0.15, 0.2) is 65.8 Å². The first-order valence-electron chi connectivity index (χ1n) is 10.8. The van der Waals surface area contributed by atoms with Crippen LogP contribution in [0.4, 0.5) is 13.2 Å². The van der Waals surface area contributed by atoms with E-state index in [1.165, 1.54) is 31.3 Å². The number of benzene rings is 3. The van der Waals surface area contributed by atoms with Crippen molar-refractivity contribution in [3.63, 3.8) is 0 Å². The van der Waals surface area contributed by atoms with E-state index in [0.717, 1.165) is 12.1 Å². The van der Waals surface area contributed by atoms with Gasteiger partial charge in [0.1, 0.15) is 29.0 Å². The zero-order valence-electron chi connectivity index (χ0n) is 19.1. The fourth-order valence-corrected chi connectivity index (χ4v) is 3.85. The molecule has 1 heterocycles. The van der Waals surface area contributed by atoms with Crippen molar-refractivity contribution in [3.8, 4) is 11.5 Å². The number of rotatable bonds is 8. The predicted molar refractivity (Wildman–Crippen MR) is 123 cm³/mol. The van der Waals surface area contributed by atoms with Gasteiger partial charge in [-0.1, -0.05) is 29.4 Å². The first-order chi connectivity index (χ1) is 16.9. The molecule has 0 spiro atoms. The van der Waals surface area contributed by atoms with E-state index in [1.807, 2.05) is 0 Å². The highest BCUT2D eigenvalue weighted by molar-refractivity contribution is 6.01. The fourth-order valence-electron chi connectivity index (χ4n) is 3.85. The Morgan fingerprint density at radius 3 is 2.54 bits per heavy atom. The monoisotopic (exact) mass is 484 g/mol. The number of hydrogen-bond acceptors (Lipinski definition) is 5. The van der Waals surface area contributed by atoms with Crippen molar-refractivity contribution in [2.45, 2.75) is 19.1 Å². The summed E-state index contributed by atoms with van der Waals surface area (Å²) in [6.07, 6.45) is -0.350. The lowest BCUT2D eigenvalue weighted by atomic mass is 10.0. The summed E-state index contributed by atoms with van der Waals surface area (Å²) in [5.74, 6) is -1.62. The molecule has 0 fully saturated rings. The molecule has 1 aliphatic rings. The second-order valence-corrected chi connectivity index (χ2v) is 7.94. The topological polar surface area (TPSA) is 60.4 Å². The van der Waals surface area contributed by atoms with Crippen molar-refractivity contribution in [1.29, 1.82) is 0 Å². The molecule has 0 radical (unpaired) electrons. The highest BCUT2D eigenvalue weighted by atomic mass is 19.1. The minimum atomic E-state index is -0.778. The van der Waals surface area contributed by atoms with E-state index in [2.05, 4.69) is 5.16 Å². The summed E-state index contributed by atoms with van der Waals surface area (Å²) in [5, 5.41) is 4.00. The average molecular weight is 484 g/mol. The minimum Gasteiger partial charge on any atom is -0.497 e. The number of amides is 1. The van der Waals surface area contributed by atoms with Gasteiger partial charge < -0.3 is 19.2 Å². The standard InChI is InChI=1S/C26H23F3N2O4/c1-33-18-9-10-21(25(13-18)34-2)26(32)31(14-16-7-8-17(27)11-23(16)29)15-19-12-24(30-35-19)20-5-3-4-6-22(20)28/h3-11,13,19H,12,14-15H2,1-2H3. The first-order valence-corrected chi connectivity index (χ1v) is 10.8. The molecule has 0 saturated carbocycles. The molecule has 35 heavy (non-hydrogen) atoms. The average Bonchev–Trinajstić information content (AvgIpc) is 3.32. The van der Waals surface area contributed by atoms with Crippen LogP contribution >= 0.6 is 0 Å². The van der Waals surface area contributed by atoms with E-state index in [1.54, 1.807) is 36.4 Å². The molecule has 0 aliphatic carbocycles. The lowest BCUT2D eigenvalue weighted by molar-refractivity contribution is 0.0401. The number of carbonyl (C=O) groups excluding carboxylic acids is 1. The Labute approximate surface area is 200 Å². The van der Waals surface area contributed by atoms with Gasteiger partial charge in [0.05, 0.1) is 32.0 Å². The van der Waals surface area contributed by atoms with Crippen LogP contribution < -0.4 is 9.47 Å². The Balaban J connectivity index is 1.60. The van der Waals surface area contributed by atoms with E-state index in [-0.39, 0.29) is 36.4 Å². The van der Waals surface area contributed by atoms with E-state index < -0.39 is 29.5 Å². The largest absolute Gasteiger partial charge is 0.497 e. The molecular formula is C26H23F3N2O4. The lowest BCUT2D eigenvalue weighted by Gasteiger charge is -2.26. The van der Waals surface area contributed by atoms with Gasteiger partial charge in [0.15, 0.2) is 6.10 Å².